The van der Waals surface area contributed by atoms with Crippen molar-refractivity contribution in [1.82, 2.24) is 5.32 Å². The third-order valence-electron chi connectivity index (χ3n) is 6.26. The average molecular weight is 481 g/mol. The highest BCUT2D eigenvalue weighted by atomic mass is 32.2. The Morgan fingerprint density at radius 3 is 2.55 bits per heavy atom. The molecule has 1 fully saturated rings. The Labute approximate surface area is 191 Å². The molecule has 9 heteroatoms. The largest absolute Gasteiger partial charge is 0.348 e. The molecule has 1 aliphatic heterocycles. The number of nitrogens with one attached hydrogen (secondary N) is 2. The van der Waals surface area contributed by atoms with Crippen molar-refractivity contribution in [3.63, 3.8) is 0 Å². The maximum atomic E-state index is 13.3. The van der Waals surface area contributed by atoms with Gasteiger partial charge in [0.2, 0.25) is 0 Å². The number of fused-ring (bicyclic) bond motifs is 1. The van der Waals surface area contributed by atoms with E-state index in [0.29, 0.717) is 27.8 Å². The van der Waals surface area contributed by atoms with Crippen LogP contribution in [0.3, 0.4) is 0 Å². The van der Waals surface area contributed by atoms with Crippen LogP contribution in [-0.4, -0.2) is 37.8 Å². The van der Waals surface area contributed by atoms with Crippen LogP contribution in [0.2, 0.25) is 0 Å². The highest BCUT2D eigenvalue weighted by Gasteiger charge is 2.36. The zero-order valence-corrected chi connectivity index (χ0v) is 20.4. The van der Waals surface area contributed by atoms with E-state index in [4.69, 9.17) is 0 Å². The molecule has 1 saturated heterocycles. The normalized spacial score (nSPS) is 22.7. The molecule has 0 unspecified atom stereocenters. The molecule has 0 aromatic carbocycles. The first-order chi connectivity index (χ1) is 14.5. The van der Waals surface area contributed by atoms with Crippen molar-refractivity contribution >= 4 is 49.3 Å². The Morgan fingerprint density at radius 1 is 1.16 bits per heavy atom. The van der Waals surface area contributed by atoms with Crippen LogP contribution in [0.15, 0.2) is 17.5 Å². The first-order valence-corrected chi connectivity index (χ1v) is 14.1. The molecule has 0 bridgehead atoms. The van der Waals surface area contributed by atoms with Crippen LogP contribution in [0.1, 0.15) is 64.1 Å². The van der Waals surface area contributed by atoms with Crippen molar-refractivity contribution in [1.29, 1.82) is 0 Å². The lowest BCUT2D eigenvalue weighted by molar-refractivity contribution is 0.0941. The number of carbonyl (C=O) groups is 2. The summed E-state index contributed by atoms with van der Waals surface area (Å²) in [4.78, 5) is 27.7. The van der Waals surface area contributed by atoms with Gasteiger partial charge in [-0.05, 0) is 54.0 Å². The average Bonchev–Trinajstić information content (AvgIpc) is 3.38. The van der Waals surface area contributed by atoms with Gasteiger partial charge in [0.1, 0.15) is 5.00 Å². The number of thiophene rings is 2. The number of sulfone groups is 1. The van der Waals surface area contributed by atoms with Crippen molar-refractivity contribution in [2.24, 2.45) is 11.3 Å². The first kappa shape index (κ1) is 22.5. The lowest BCUT2D eigenvalue weighted by Gasteiger charge is -2.33. The van der Waals surface area contributed by atoms with Crippen LogP contribution in [0.25, 0.3) is 0 Å². The predicted octanol–water partition coefficient (Wildman–Crippen LogP) is 4.13. The number of rotatable bonds is 4. The van der Waals surface area contributed by atoms with E-state index in [1.165, 1.54) is 22.7 Å². The first-order valence-electron chi connectivity index (χ1n) is 10.5. The monoisotopic (exact) mass is 480 g/mol. The van der Waals surface area contributed by atoms with Gasteiger partial charge in [0.25, 0.3) is 11.8 Å². The molecule has 2 N–H and O–H groups in total. The molecule has 2 amide bonds. The zero-order chi connectivity index (χ0) is 22.4. The molecule has 1 aliphatic carbocycles. The summed E-state index contributed by atoms with van der Waals surface area (Å²) >= 11 is 2.84. The van der Waals surface area contributed by atoms with Crippen molar-refractivity contribution < 1.29 is 18.0 Å². The van der Waals surface area contributed by atoms with E-state index < -0.39 is 9.84 Å². The number of anilines is 1. The van der Waals surface area contributed by atoms with Crippen molar-refractivity contribution in [3.05, 3.63) is 38.4 Å². The summed E-state index contributed by atoms with van der Waals surface area (Å²) < 4.78 is 23.6. The summed E-state index contributed by atoms with van der Waals surface area (Å²) in [7, 11) is -3.09. The van der Waals surface area contributed by atoms with Crippen LogP contribution < -0.4 is 10.6 Å². The highest BCUT2D eigenvalue weighted by Crippen LogP contribution is 2.44. The maximum absolute atomic E-state index is 13.3. The van der Waals surface area contributed by atoms with Crippen molar-refractivity contribution in [2.45, 2.75) is 52.5 Å². The third-order valence-corrected chi connectivity index (χ3v) is 10.1. The summed E-state index contributed by atoms with van der Waals surface area (Å²) in [6.07, 6.45) is 3.10. The molecule has 2 atom stereocenters. The molecule has 3 heterocycles. The van der Waals surface area contributed by atoms with E-state index in [2.05, 4.69) is 31.4 Å². The van der Waals surface area contributed by atoms with Crippen LogP contribution in [0, 0.1) is 11.3 Å². The number of hydrogen-bond acceptors (Lipinski definition) is 6. The Kier molecular flexibility index (Phi) is 6.04. The predicted molar refractivity (Wildman–Crippen MR) is 126 cm³/mol. The summed E-state index contributed by atoms with van der Waals surface area (Å²) in [5, 5.41) is 8.28. The van der Waals surface area contributed by atoms with Crippen molar-refractivity contribution in [2.75, 3.05) is 16.8 Å². The molecular formula is C22H28N2O4S3. The molecule has 0 saturated carbocycles. The molecule has 2 aromatic rings. The van der Waals surface area contributed by atoms with Crippen molar-refractivity contribution in [3.8, 4) is 0 Å². The zero-order valence-electron chi connectivity index (χ0n) is 18.0. The van der Waals surface area contributed by atoms with Crippen LogP contribution >= 0.6 is 22.7 Å². The highest BCUT2D eigenvalue weighted by molar-refractivity contribution is 7.91. The van der Waals surface area contributed by atoms with Gasteiger partial charge in [0.05, 0.1) is 21.9 Å². The molecule has 0 spiro atoms. The minimum Gasteiger partial charge on any atom is -0.348 e. The number of carbonyl (C=O) groups excluding carboxylic acids is 2. The van der Waals surface area contributed by atoms with E-state index in [1.807, 2.05) is 11.4 Å². The Balaban J connectivity index is 1.64. The van der Waals surface area contributed by atoms with Gasteiger partial charge < -0.3 is 10.6 Å². The summed E-state index contributed by atoms with van der Waals surface area (Å²) in [6.45, 7) is 6.72. The Morgan fingerprint density at radius 2 is 1.94 bits per heavy atom. The third kappa shape index (κ3) is 4.88. The summed E-state index contributed by atoms with van der Waals surface area (Å²) in [5.41, 5.74) is 1.69. The molecule has 6 nitrogen and oxygen atoms in total. The number of amides is 2. The van der Waals surface area contributed by atoms with E-state index in [9.17, 15) is 18.0 Å². The SMILES string of the molecule is CC(C)(C)[C@@H]1CCc2c(sc(NC(=O)c3cccs3)c2C(=O)N[C@@H]2CCS(=O)(=O)C2)C1. The molecule has 4 rings (SSSR count). The molecule has 31 heavy (non-hydrogen) atoms. The molecule has 0 radical (unpaired) electrons. The summed E-state index contributed by atoms with van der Waals surface area (Å²) in [5.74, 6) is 0.0901. The smallest absolute Gasteiger partial charge is 0.266 e. The molecule has 2 aliphatic rings. The lowest BCUT2D eigenvalue weighted by atomic mass is 9.72. The quantitative estimate of drug-likeness (QED) is 0.688. The minimum atomic E-state index is -3.09. The topological polar surface area (TPSA) is 92.3 Å². The van der Waals surface area contributed by atoms with E-state index in [-0.39, 0.29) is 34.8 Å². The van der Waals surface area contributed by atoms with Gasteiger partial charge >= 0.3 is 0 Å². The van der Waals surface area contributed by atoms with E-state index >= 15 is 0 Å². The van der Waals surface area contributed by atoms with Gasteiger partial charge in [-0.1, -0.05) is 26.8 Å². The lowest BCUT2D eigenvalue weighted by Crippen LogP contribution is -2.36. The second kappa shape index (κ2) is 8.33. The number of hydrogen-bond donors (Lipinski definition) is 2. The molecular weight excluding hydrogens is 452 g/mol. The fourth-order valence-electron chi connectivity index (χ4n) is 4.39. The van der Waals surface area contributed by atoms with Crippen LogP contribution in [-0.2, 0) is 22.7 Å². The van der Waals surface area contributed by atoms with Gasteiger partial charge in [-0.3, -0.25) is 9.59 Å². The standard InChI is InChI=1S/C22H28N2O4S3/c1-22(2,3)13-6-7-15-17(11-13)30-21(24-19(25)16-5-4-9-29-16)18(15)20(26)23-14-8-10-31(27,28)12-14/h4-5,9,13-14H,6-8,10-12H2,1-3H3,(H,23,26)(H,24,25)/t13-,14-/m1/s1. The molecule has 2 aromatic heterocycles. The second-order valence-electron chi connectivity index (χ2n) is 9.52. The Bertz CT molecular complexity index is 1090. The minimum absolute atomic E-state index is 0.0198. The van der Waals surface area contributed by atoms with E-state index in [0.717, 1.165) is 29.7 Å². The fourth-order valence-corrected chi connectivity index (χ4v) is 8.00. The van der Waals surface area contributed by atoms with Crippen LogP contribution in [0.5, 0.6) is 0 Å². The summed E-state index contributed by atoms with van der Waals surface area (Å²) in [6, 6.07) is 3.20. The van der Waals surface area contributed by atoms with Crippen LogP contribution in [0.4, 0.5) is 5.00 Å². The van der Waals surface area contributed by atoms with E-state index in [1.54, 1.807) is 6.07 Å². The Hall–Kier alpha value is -1.71. The van der Waals surface area contributed by atoms with Gasteiger partial charge in [-0.2, -0.15) is 0 Å². The second-order valence-corrected chi connectivity index (χ2v) is 13.8. The van der Waals surface area contributed by atoms with Gasteiger partial charge in [-0.25, -0.2) is 8.42 Å². The fraction of sp³-hybridized carbons (Fsp3) is 0.545. The maximum Gasteiger partial charge on any atom is 0.266 e. The van der Waals surface area contributed by atoms with Gasteiger partial charge in [-0.15, -0.1) is 22.7 Å². The molecule has 168 valence electrons. The van der Waals surface area contributed by atoms with Gasteiger partial charge in [0.15, 0.2) is 9.84 Å². The van der Waals surface area contributed by atoms with Gasteiger partial charge in [0, 0.05) is 10.9 Å².